The number of hydrogen-bond acceptors (Lipinski definition) is 3. The Hall–Kier alpha value is -7.63. The van der Waals surface area contributed by atoms with Crippen LogP contribution >= 0.6 is 0 Å². The zero-order valence-corrected chi connectivity index (χ0v) is 29.1. The summed E-state index contributed by atoms with van der Waals surface area (Å²) in [5, 5.41) is -1.06. The van der Waals surface area contributed by atoms with E-state index in [2.05, 4.69) is 0 Å². The molecule has 0 bridgehead atoms. The van der Waals surface area contributed by atoms with Gasteiger partial charge in [-0.25, -0.2) is 0 Å². The van der Waals surface area contributed by atoms with Crippen molar-refractivity contribution in [2.75, 3.05) is 0 Å². The van der Waals surface area contributed by atoms with Gasteiger partial charge in [-0.15, -0.1) is 0 Å². The summed E-state index contributed by atoms with van der Waals surface area (Å²) in [6, 6.07) is 22.2. The van der Waals surface area contributed by atoms with Gasteiger partial charge in [0.05, 0.1) is 44.0 Å². The maximum absolute atomic E-state index is 9.25. The average molecular weight is 732 g/mol. The maximum Gasteiger partial charge on any atom is 0.240 e. The molecule has 0 N–H and O–H groups in total. The highest BCUT2D eigenvalue weighted by atomic mass is 15.3. The van der Waals surface area contributed by atoms with Gasteiger partial charge in [0, 0.05) is 27.1 Å². The van der Waals surface area contributed by atoms with Gasteiger partial charge in [0.2, 0.25) is 11.9 Å². The van der Waals surface area contributed by atoms with Crippen LogP contribution in [0.2, 0.25) is 0 Å². The van der Waals surface area contributed by atoms with Gasteiger partial charge in [0.1, 0.15) is 0 Å². The first-order chi connectivity index (χ1) is 34.4. The van der Waals surface area contributed by atoms with Crippen molar-refractivity contribution in [3.05, 3.63) is 200 Å². The first kappa shape index (κ1) is 19.6. The molecular weight excluding hydrogens is 683 g/mol. The standard InChI is InChI=1S/C51H33N5/c1-2-17-34(18-3-1)37-21-4-5-22-38(37)35-19-16-20-36(33-35)39-23-6-7-28-44(39)49-52-50(55-45-29-12-8-24-40(45)41-25-9-13-30-46(41)55)54-51(53-49)56-47-31-14-10-26-42(47)43-27-11-15-32-48(43)56/h1-33H/i8D,9D,10D,11D,12D,13D,14D,15D,24D,25D,26D,27D,29D,30D,31D,32D. The van der Waals surface area contributed by atoms with Crippen molar-refractivity contribution in [2.24, 2.45) is 0 Å². The summed E-state index contributed by atoms with van der Waals surface area (Å²) in [6.07, 6.45) is 0. The van der Waals surface area contributed by atoms with Gasteiger partial charge in [0.25, 0.3) is 0 Å². The lowest BCUT2D eigenvalue weighted by Gasteiger charge is -2.15. The predicted octanol–water partition coefficient (Wildman–Crippen LogP) is 12.7. The summed E-state index contributed by atoms with van der Waals surface area (Å²) in [5.74, 6) is -1.09. The molecule has 3 heterocycles. The maximum atomic E-state index is 9.25. The summed E-state index contributed by atoms with van der Waals surface area (Å²) in [4.78, 5) is 14.7. The van der Waals surface area contributed by atoms with E-state index in [1.165, 1.54) is 0 Å². The Morgan fingerprint density at radius 3 is 1.16 bits per heavy atom. The predicted molar refractivity (Wildman–Crippen MR) is 230 cm³/mol. The van der Waals surface area contributed by atoms with Crippen molar-refractivity contribution in [3.8, 4) is 56.7 Å². The lowest BCUT2D eigenvalue weighted by Crippen LogP contribution is -2.10. The molecule has 56 heavy (non-hydrogen) atoms. The van der Waals surface area contributed by atoms with E-state index in [1.54, 1.807) is 18.2 Å². The molecule has 5 nitrogen and oxygen atoms in total. The van der Waals surface area contributed by atoms with E-state index < -0.39 is 109 Å². The van der Waals surface area contributed by atoms with Gasteiger partial charge >= 0.3 is 0 Å². The molecule has 11 rings (SSSR count). The van der Waals surface area contributed by atoms with E-state index in [0.29, 0.717) is 16.7 Å². The van der Waals surface area contributed by atoms with Crippen LogP contribution in [-0.2, 0) is 0 Å². The monoisotopic (exact) mass is 731 g/mol. The highest BCUT2D eigenvalue weighted by Crippen LogP contribution is 2.38. The number of hydrogen-bond donors (Lipinski definition) is 0. The summed E-state index contributed by atoms with van der Waals surface area (Å²) in [7, 11) is 0. The van der Waals surface area contributed by atoms with Crippen molar-refractivity contribution in [2.45, 2.75) is 0 Å². The third kappa shape index (κ3) is 5.13. The lowest BCUT2D eigenvalue weighted by molar-refractivity contribution is 0.893. The minimum Gasteiger partial charge on any atom is -0.278 e. The van der Waals surface area contributed by atoms with Gasteiger partial charge in [-0.3, -0.25) is 9.13 Å². The second-order valence-corrected chi connectivity index (χ2v) is 12.9. The fraction of sp³-hybridized carbons (Fsp3) is 0. The van der Waals surface area contributed by atoms with Crippen molar-refractivity contribution < 1.29 is 21.9 Å². The van der Waals surface area contributed by atoms with E-state index >= 15 is 0 Å². The minimum absolute atomic E-state index is 0.144. The Bertz CT molecular complexity index is 3860. The Kier molecular flexibility index (Phi) is 4.57. The summed E-state index contributed by atoms with van der Waals surface area (Å²) >= 11 is 0. The number of fused-ring (bicyclic) bond motifs is 6. The van der Waals surface area contributed by atoms with Crippen molar-refractivity contribution in [1.82, 2.24) is 24.1 Å². The second-order valence-electron chi connectivity index (χ2n) is 12.9. The molecule has 11 aromatic rings. The van der Waals surface area contributed by atoms with Crippen LogP contribution in [0.15, 0.2) is 200 Å². The second kappa shape index (κ2) is 13.0. The molecule has 8 aromatic carbocycles. The molecule has 0 radical (unpaired) electrons. The molecule has 0 saturated heterocycles. The van der Waals surface area contributed by atoms with Crippen LogP contribution in [0.4, 0.5) is 0 Å². The molecule has 0 unspecified atom stereocenters. The minimum atomic E-state index is -0.699. The lowest BCUT2D eigenvalue weighted by atomic mass is 9.91. The van der Waals surface area contributed by atoms with E-state index in [1.807, 2.05) is 84.9 Å². The quantitative estimate of drug-likeness (QED) is 0.171. The fourth-order valence-electron chi connectivity index (χ4n) is 7.30. The van der Waals surface area contributed by atoms with E-state index in [9.17, 15) is 5.48 Å². The first-order valence-electron chi connectivity index (χ1n) is 25.6. The van der Waals surface area contributed by atoms with Crippen LogP contribution in [0.3, 0.4) is 0 Å². The number of rotatable bonds is 6. The molecule has 5 heteroatoms. The van der Waals surface area contributed by atoms with E-state index in [0.717, 1.165) is 31.4 Å². The topological polar surface area (TPSA) is 48.5 Å². The zero-order chi connectivity index (χ0) is 50.9. The van der Waals surface area contributed by atoms with Crippen LogP contribution in [0.1, 0.15) is 21.9 Å². The Morgan fingerprint density at radius 2 is 0.696 bits per heavy atom. The van der Waals surface area contributed by atoms with Gasteiger partial charge in [-0.2, -0.15) is 15.0 Å². The average Bonchev–Trinajstić information content (AvgIpc) is 3.96. The molecule has 0 atom stereocenters. The van der Waals surface area contributed by atoms with Crippen LogP contribution in [-0.4, -0.2) is 24.1 Å². The van der Waals surface area contributed by atoms with Crippen molar-refractivity contribution in [1.29, 1.82) is 0 Å². The highest BCUT2D eigenvalue weighted by Gasteiger charge is 2.21. The van der Waals surface area contributed by atoms with Crippen LogP contribution < -0.4 is 0 Å². The number of benzene rings is 8. The Labute approximate surface area is 345 Å². The molecule has 0 spiro atoms. The highest BCUT2D eigenvalue weighted by molar-refractivity contribution is 6.10. The molecule has 0 aliphatic carbocycles. The Balaban J connectivity index is 1.30. The number of para-hydroxylation sites is 4. The van der Waals surface area contributed by atoms with Gasteiger partial charge in [-0.1, -0.05) is 170 Å². The summed E-state index contributed by atoms with van der Waals surface area (Å²) in [6.45, 7) is 0. The van der Waals surface area contributed by atoms with Gasteiger partial charge in [-0.05, 0) is 63.6 Å². The van der Waals surface area contributed by atoms with Gasteiger partial charge in [0.15, 0.2) is 5.82 Å². The number of aromatic nitrogens is 5. The molecule has 3 aromatic heterocycles. The normalized spacial score (nSPS) is 15.6. The molecule has 0 fully saturated rings. The number of nitrogens with zero attached hydrogens (tertiary/aromatic N) is 5. The van der Waals surface area contributed by atoms with Crippen molar-refractivity contribution >= 4 is 43.6 Å². The third-order valence-corrected chi connectivity index (χ3v) is 9.74. The Morgan fingerprint density at radius 1 is 0.339 bits per heavy atom. The molecular formula is C51H33N5. The summed E-state index contributed by atoms with van der Waals surface area (Å²) < 4.78 is 145. The van der Waals surface area contributed by atoms with Crippen molar-refractivity contribution in [3.63, 3.8) is 0 Å². The van der Waals surface area contributed by atoms with E-state index in [4.69, 9.17) is 31.4 Å². The van der Waals surface area contributed by atoms with E-state index in [-0.39, 0.29) is 49.4 Å². The zero-order valence-electron chi connectivity index (χ0n) is 45.1. The molecule has 0 aliphatic rings. The molecule has 0 saturated carbocycles. The smallest absolute Gasteiger partial charge is 0.240 e. The molecule has 262 valence electrons. The third-order valence-electron chi connectivity index (χ3n) is 9.74. The SMILES string of the molecule is [2H]c1c([2H])c([2H])c2c(c1[2H])c1c([2H])c([2H])c([2H])c([2H])c1n2-c1nc(-c2ccccc2-c2cccc(-c3ccccc3-c3ccccc3)c2)nc(-n2c3c([2H])c([2H])c([2H])c([2H])c3c3c([2H])c([2H])c([2H])c([2H])c32)n1. The molecule has 0 amide bonds. The van der Waals surface area contributed by atoms with Gasteiger partial charge < -0.3 is 0 Å². The fourth-order valence-corrected chi connectivity index (χ4v) is 7.30. The largest absolute Gasteiger partial charge is 0.278 e. The van der Waals surface area contributed by atoms with Crippen LogP contribution in [0.5, 0.6) is 0 Å². The molecule has 0 aliphatic heterocycles. The van der Waals surface area contributed by atoms with Crippen LogP contribution in [0.25, 0.3) is 100 Å². The van der Waals surface area contributed by atoms with Crippen LogP contribution in [0, 0.1) is 0 Å². The first-order valence-corrected chi connectivity index (χ1v) is 17.6. The summed E-state index contributed by atoms with van der Waals surface area (Å²) in [5.41, 5.74) is 4.09.